The molecular weight excluding hydrogens is 338 g/mol. The van der Waals surface area contributed by atoms with E-state index in [-0.39, 0.29) is 5.91 Å². The van der Waals surface area contributed by atoms with Gasteiger partial charge in [-0.2, -0.15) is 0 Å². The number of para-hydroxylation sites is 1. The Balaban J connectivity index is 1.77. The van der Waals surface area contributed by atoms with Crippen LogP contribution in [-0.4, -0.2) is 24.5 Å². The molecule has 2 aromatic carbocycles. The second kappa shape index (κ2) is 6.89. The fourth-order valence-corrected chi connectivity index (χ4v) is 3.21. The molecule has 1 fully saturated rings. The van der Waals surface area contributed by atoms with Crippen molar-refractivity contribution in [2.75, 3.05) is 11.4 Å². The number of anilines is 1. The third kappa shape index (κ3) is 3.54. The maximum absolute atomic E-state index is 12.8. The second-order valence-corrected chi connectivity index (χ2v) is 7.28. The first-order valence-electron chi connectivity index (χ1n) is 8.16. The van der Waals surface area contributed by atoms with E-state index in [1.54, 1.807) is 29.2 Å². The molecular formula is C20H20ClNO3. The highest BCUT2D eigenvalue weighted by molar-refractivity contribution is 6.30. The zero-order chi connectivity index (χ0) is 18.0. The summed E-state index contributed by atoms with van der Waals surface area (Å²) in [7, 11) is 0. The molecule has 5 heteroatoms. The number of esters is 1. The van der Waals surface area contributed by atoms with E-state index in [2.05, 4.69) is 0 Å². The predicted molar refractivity (Wildman–Crippen MR) is 97.5 cm³/mol. The van der Waals surface area contributed by atoms with Crippen LogP contribution in [0.15, 0.2) is 60.7 Å². The number of ether oxygens (including phenoxy) is 1. The van der Waals surface area contributed by atoms with Gasteiger partial charge >= 0.3 is 5.97 Å². The number of nitrogens with zero attached hydrogens (tertiary/aromatic N) is 1. The summed E-state index contributed by atoms with van der Waals surface area (Å²) in [6.07, 6.45) is -0.856. The summed E-state index contributed by atoms with van der Waals surface area (Å²) in [5, 5.41) is -0.935. The fraction of sp³-hybridized carbons (Fsp3) is 0.300. The minimum absolute atomic E-state index is 0.221. The molecule has 1 aliphatic heterocycles. The quantitative estimate of drug-likeness (QED) is 0.614. The molecule has 1 aliphatic rings. The van der Waals surface area contributed by atoms with Gasteiger partial charge in [0, 0.05) is 17.6 Å². The van der Waals surface area contributed by atoms with Crippen LogP contribution in [-0.2, 0) is 14.3 Å². The fourth-order valence-electron chi connectivity index (χ4n) is 3.01. The average Bonchev–Trinajstić information content (AvgIpc) is 2.86. The van der Waals surface area contributed by atoms with Crippen molar-refractivity contribution >= 4 is 29.2 Å². The zero-order valence-electron chi connectivity index (χ0n) is 14.2. The van der Waals surface area contributed by atoms with Gasteiger partial charge in [0.25, 0.3) is 5.91 Å². The van der Waals surface area contributed by atoms with Gasteiger partial charge < -0.3 is 9.64 Å². The number of hydrogen-bond donors (Lipinski definition) is 0. The van der Waals surface area contributed by atoms with E-state index in [0.29, 0.717) is 12.1 Å². The van der Waals surface area contributed by atoms with Crippen LogP contribution in [0.25, 0.3) is 0 Å². The molecule has 2 aromatic rings. The number of amides is 1. The number of carbonyl (C=O) groups is 2. The number of benzene rings is 2. The Hall–Kier alpha value is -2.33. The number of alkyl halides is 1. The molecule has 0 aliphatic carbocycles. The zero-order valence-corrected chi connectivity index (χ0v) is 14.9. The van der Waals surface area contributed by atoms with Gasteiger partial charge in [-0.3, -0.25) is 9.59 Å². The van der Waals surface area contributed by atoms with Crippen LogP contribution >= 0.6 is 11.6 Å². The van der Waals surface area contributed by atoms with E-state index in [9.17, 15) is 9.59 Å². The molecule has 1 amide bonds. The molecule has 130 valence electrons. The first-order chi connectivity index (χ1) is 11.9. The maximum Gasteiger partial charge on any atom is 0.329 e. The van der Waals surface area contributed by atoms with E-state index in [0.717, 1.165) is 5.69 Å². The molecule has 0 saturated carbocycles. The monoisotopic (exact) mass is 357 g/mol. The molecule has 0 unspecified atom stereocenters. The lowest BCUT2D eigenvalue weighted by molar-refractivity contribution is -0.158. The first kappa shape index (κ1) is 17.5. The summed E-state index contributed by atoms with van der Waals surface area (Å²) >= 11 is 6.23. The normalized spacial score (nSPS) is 20.4. The van der Waals surface area contributed by atoms with Crippen LogP contribution in [0.5, 0.6) is 0 Å². The molecule has 25 heavy (non-hydrogen) atoms. The largest absolute Gasteiger partial charge is 0.450 e. The average molecular weight is 358 g/mol. The molecule has 1 heterocycles. The predicted octanol–water partition coefficient (Wildman–Crippen LogP) is 3.95. The lowest BCUT2D eigenvalue weighted by Gasteiger charge is -2.24. The van der Waals surface area contributed by atoms with Crippen molar-refractivity contribution in [1.82, 2.24) is 0 Å². The minimum atomic E-state index is -0.935. The molecule has 4 nitrogen and oxygen atoms in total. The van der Waals surface area contributed by atoms with E-state index in [1.807, 2.05) is 50.2 Å². The number of rotatable bonds is 4. The van der Waals surface area contributed by atoms with Gasteiger partial charge in [0.15, 0.2) is 11.5 Å². The molecule has 0 N–H and O–H groups in total. The molecule has 3 rings (SSSR count). The highest BCUT2D eigenvalue weighted by Crippen LogP contribution is 2.37. The summed E-state index contributed by atoms with van der Waals surface area (Å²) in [5.41, 5.74) is 0.942. The molecule has 2 atom stereocenters. The highest BCUT2D eigenvalue weighted by Gasteiger charge is 2.49. The van der Waals surface area contributed by atoms with Crippen molar-refractivity contribution in [2.24, 2.45) is 5.41 Å². The summed E-state index contributed by atoms with van der Waals surface area (Å²) in [6, 6.07) is 18.4. The van der Waals surface area contributed by atoms with E-state index in [1.165, 1.54) is 0 Å². The van der Waals surface area contributed by atoms with Gasteiger partial charge in [0.2, 0.25) is 0 Å². The van der Waals surface area contributed by atoms with Crippen molar-refractivity contribution in [3.8, 4) is 0 Å². The molecule has 0 aromatic heterocycles. The van der Waals surface area contributed by atoms with Gasteiger partial charge in [-0.25, -0.2) is 0 Å². The third-order valence-electron chi connectivity index (χ3n) is 4.37. The van der Waals surface area contributed by atoms with Crippen molar-refractivity contribution < 1.29 is 14.3 Å². The van der Waals surface area contributed by atoms with Crippen LogP contribution in [0.2, 0.25) is 0 Å². The standard InChI is InChI=1S/C20H20ClNO3/c1-20(2)13-22(15-11-7-4-8-12-15)18(23)17(20)25-19(24)16(21)14-9-5-3-6-10-14/h3-12,16-17H,13H2,1-2H3/t16-,17-/m0/s1. The topological polar surface area (TPSA) is 46.6 Å². The molecule has 0 spiro atoms. The van der Waals surface area contributed by atoms with Crippen LogP contribution in [0.3, 0.4) is 0 Å². The van der Waals surface area contributed by atoms with Crippen LogP contribution in [0, 0.1) is 5.41 Å². The number of hydrogen-bond acceptors (Lipinski definition) is 3. The SMILES string of the molecule is CC1(C)CN(c2ccccc2)C(=O)[C@@H]1OC(=O)[C@@H](Cl)c1ccccc1. The Morgan fingerprint density at radius 2 is 1.68 bits per heavy atom. The summed E-state index contributed by atoms with van der Waals surface area (Å²) in [6.45, 7) is 4.31. The Bertz CT molecular complexity index is 761. The van der Waals surface area contributed by atoms with Crippen molar-refractivity contribution in [3.05, 3.63) is 66.2 Å². The Kier molecular flexibility index (Phi) is 4.82. The number of halogens is 1. The lowest BCUT2D eigenvalue weighted by atomic mass is 9.89. The Morgan fingerprint density at radius 3 is 2.28 bits per heavy atom. The van der Waals surface area contributed by atoms with Crippen molar-refractivity contribution in [2.45, 2.75) is 25.3 Å². The summed E-state index contributed by atoms with van der Waals surface area (Å²) in [5.74, 6) is -0.823. The third-order valence-corrected chi connectivity index (χ3v) is 4.80. The Morgan fingerprint density at radius 1 is 1.12 bits per heavy atom. The van der Waals surface area contributed by atoms with Crippen molar-refractivity contribution in [3.63, 3.8) is 0 Å². The van der Waals surface area contributed by atoms with Crippen LogP contribution < -0.4 is 4.90 Å². The Labute approximate surface area is 152 Å². The van der Waals surface area contributed by atoms with Gasteiger partial charge in [-0.05, 0) is 17.7 Å². The van der Waals surface area contributed by atoms with Gasteiger partial charge in [-0.1, -0.05) is 62.4 Å². The van der Waals surface area contributed by atoms with Gasteiger partial charge in [0.1, 0.15) is 0 Å². The summed E-state index contributed by atoms with van der Waals surface area (Å²) < 4.78 is 5.54. The first-order valence-corrected chi connectivity index (χ1v) is 8.60. The molecule has 0 radical (unpaired) electrons. The van der Waals surface area contributed by atoms with E-state index < -0.39 is 22.9 Å². The van der Waals surface area contributed by atoms with Gasteiger partial charge in [-0.15, -0.1) is 11.6 Å². The molecule has 1 saturated heterocycles. The number of carbonyl (C=O) groups excluding carboxylic acids is 2. The summed E-state index contributed by atoms with van der Waals surface area (Å²) in [4.78, 5) is 26.9. The second-order valence-electron chi connectivity index (χ2n) is 6.84. The smallest absolute Gasteiger partial charge is 0.329 e. The van der Waals surface area contributed by atoms with E-state index >= 15 is 0 Å². The lowest BCUT2D eigenvalue weighted by Crippen LogP contribution is -2.36. The van der Waals surface area contributed by atoms with Gasteiger partial charge in [0.05, 0.1) is 0 Å². The molecule has 0 bridgehead atoms. The van der Waals surface area contributed by atoms with Crippen LogP contribution in [0.1, 0.15) is 24.8 Å². The van der Waals surface area contributed by atoms with Crippen LogP contribution in [0.4, 0.5) is 5.69 Å². The minimum Gasteiger partial charge on any atom is -0.450 e. The van der Waals surface area contributed by atoms with E-state index in [4.69, 9.17) is 16.3 Å². The highest BCUT2D eigenvalue weighted by atomic mass is 35.5. The maximum atomic E-state index is 12.8. The van der Waals surface area contributed by atoms with Crippen molar-refractivity contribution in [1.29, 1.82) is 0 Å².